The van der Waals surface area contributed by atoms with Crippen molar-refractivity contribution in [2.24, 2.45) is 5.92 Å². The Labute approximate surface area is 109 Å². The minimum absolute atomic E-state index is 0.293. The van der Waals surface area contributed by atoms with Gasteiger partial charge in [-0.2, -0.15) is 0 Å². The molecular weight excluding hydrogens is 226 g/mol. The highest BCUT2D eigenvalue weighted by atomic mass is 16.5. The monoisotopic (exact) mass is 250 g/mol. The summed E-state index contributed by atoms with van der Waals surface area (Å²) in [6.07, 6.45) is 4.74. The van der Waals surface area contributed by atoms with Crippen molar-refractivity contribution in [1.82, 2.24) is 0 Å². The molecule has 18 heavy (non-hydrogen) atoms. The maximum absolute atomic E-state index is 6.06. The molecule has 0 unspecified atom stereocenters. The summed E-state index contributed by atoms with van der Waals surface area (Å²) in [6, 6.07) is 3.94. The first-order valence-electron chi connectivity index (χ1n) is 6.81. The van der Waals surface area contributed by atoms with Crippen LogP contribution in [-0.2, 0) is 11.3 Å². The van der Waals surface area contributed by atoms with Gasteiger partial charge in [0.05, 0.1) is 12.4 Å². The quantitative estimate of drug-likeness (QED) is 0.813. The van der Waals surface area contributed by atoms with Crippen molar-refractivity contribution in [2.75, 3.05) is 6.54 Å². The van der Waals surface area contributed by atoms with Crippen LogP contribution in [0.2, 0.25) is 0 Å². The van der Waals surface area contributed by atoms with Gasteiger partial charge in [-0.25, -0.2) is 0 Å². The summed E-state index contributed by atoms with van der Waals surface area (Å²) in [5.41, 5.74) is 1.25. The Balaban J connectivity index is 1.82. The highest BCUT2D eigenvalue weighted by molar-refractivity contribution is 5.01. The lowest BCUT2D eigenvalue weighted by Gasteiger charge is -2.34. The number of quaternary nitrogens is 1. The van der Waals surface area contributed by atoms with Crippen molar-refractivity contribution >= 4 is 0 Å². The molecule has 2 heterocycles. The molecule has 1 aliphatic heterocycles. The predicted octanol–water partition coefficient (Wildman–Crippen LogP) is 2.10. The molecule has 0 spiro atoms. The Morgan fingerprint density at radius 2 is 2.33 bits per heavy atom. The van der Waals surface area contributed by atoms with Gasteiger partial charge in [-0.3, -0.25) is 0 Å². The fourth-order valence-electron chi connectivity index (χ4n) is 2.66. The number of nitrogens with two attached hydrogens (primary N) is 1. The summed E-state index contributed by atoms with van der Waals surface area (Å²) < 4.78 is 11.4. The SMILES string of the molecule is C=C(C)[C@@H]1CC[C@@H](C)O[C@@H]1C[NH2+]Cc1ccco1. The zero-order chi connectivity index (χ0) is 13.0. The van der Waals surface area contributed by atoms with Gasteiger partial charge in [-0.1, -0.05) is 12.2 Å². The van der Waals surface area contributed by atoms with Crippen LogP contribution in [0.25, 0.3) is 0 Å². The van der Waals surface area contributed by atoms with E-state index in [0.29, 0.717) is 18.1 Å². The highest BCUT2D eigenvalue weighted by Gasteiger charge is 2.30. The Morgan fingerprint density at radius 1 is 1.50 bits per heavy atom. The van der Waals surface area contributed by atoms with Gasteiger partial charge in [0, 0.05) is 5.92 Å². The van der Waals surface area contributed by atoms with Crippen molar-refractivity contribution in [2.45, 2.75) is 45.4 Å². The van der Waals surface area contributed by atoms with Crippen LogP contribution in [0.3, 0.4) is 0 Å². The molecular formula is C15H24NO2+. The van der Waals surface area contributed by atoms with Crippen LogP contribution in [0.1, 0.15) is 32.4 Å². The lowest BCUT2D eigenvalue weighted by atomic mass is 9.87. The molecule has 0 amide bonds. The molecule has 2 N–H and O–H groups in total. The maximum atomic E-state index is 6.06. The van der Waals surface area contributed by atoms with Crippen molar-refractivity contribution in [3.05, 3.63) is 36.3 Å². The molecule has 0 aliphatic carbocycles. The average molecular weight is 250 g/mol. The number of hydrogen-bond acceptors (Lipinski definition) is 2. The van der Waals surface area contributed by atoms with E-state index in [2.05, 4.69) is 25.7 Å². The summed E-state index contributed by atoms with van der Waals surface area (Å²) in [5, 5.41) is 2.26. The minimum atomic E-state index is 0.293. The fourth-order valence-corrected chi connectivity index (χ4v) is 2.66. The van der Waals surface area contributed by atoms with E-state index in [-0.39, 0.29) is 0 Å². The van der Waals surface area contributed by atoms with Crippen molar-refractivity contribution in [3.63, 3.8) is 0 Å². The van der Waals surface area contributed by atoms with Gasteiger partial charge < -0.3 is 14.5 Å². The Morgan fingerprint density at radius 3 is 3.00 bits per heavy atom. The summed E-state index contributed by atoms with van der Waals surface area (Å²) in [6.45, 7) is 10.2. The minimum Gasteiger partial charge on any atom is -0.463 e. The maximum Gasteiger partial charge on any atom is 0.157 e. The van der Waals surface area contributed by atoms with E-state index < -0.39 is 0 Å². The van der Waals surface area contributed by atoms with Crippen molar-refractivity contribution in [3.8, 4) is 0 Å². The molecule has 0 aromatic carbocycles. The molecule has 1 aliphatic rings. The van der Waals surface area contributed by atoms with Crippen LogP contribution in [0, 0.1) is 5.92 Å². The van der Waals surface area contributed by atoms with E-state index in [1.807, 2.05) is 12.1 Å². The Hall–Kier alpha value is -1.06. The molecule has 1 saturated heterocycles. The van der Waals surface area contributed by atoms with Crippen LogP contribution in [0.15, 0.2) is 35.0 Å². The van der Waals surface area contributed by atoms with E-state index in [0.717, 1.165) is 25.3 Å². The zero-order valence-electron chi connectivity index (χ0n) is 11.4. The van der Waals surface area contributed by atoms with Crippen molar-refractivity contribution in [1.29, 1.82) is 0 Å². The van der Waals surface area contributed by atoms with Crippen LogP contribution >= 0.6 is 0 Å². The first-order valence-corrected chi connectivity index (χ1v) is 6.81. The zero-order valence-corrected chi connectivity index (χ0v) is 11.4. The summed E-state index contributed by atoms with van der Waals surface area (Å²) >= 11 is 0. The van der Waals surface area contributed by atoms with Gasteiger partial charge in [-0.15, -0.1) is 0 Å². The third-order valence-electron chi connectivity index (χ3n) is 3.70. The van der Waals surface area contributed by atoms with Crippen molar-refractivity contribution < 1.29 is 14.5 Å². The lowest BCUT2D eigenvalue weighted by molar-refractivity contribution is -0.680. The van der Waals surface area contributed by atoms with Crippen LogP contribution in [0.4, 0.5) is 0 Å². The Bertz CT molecular complexity index is 372. The van der Waals surface area contributed by atoms with Crippen LogP contribution in [-0.4, -0.2) is 18.8 Å². The third kappa shape index (κ3) is 3.47. The van der Waals surface area contributed by atoms with E-state index in [4.69, 9.17) is 9.15 Å². The van der Waals surface area contributed by atoms with Crippen LogP contribution in [0.5, 0.6) is 0 Å². The molecule has 1 aromatic rings. The number of ether oxygens (including phenoxy) is 1. The number of hydrogen-bond donors (Lipinski definition) is 1. The average Bonchev–Trinajstić information content (AvgIpc) is 2.82. The second-order valence-electron chi connectivity index (χ2n) is 5.32. The molecule has 3 atom stereocenters. The lowest BCUT2D eigenvalue weighted by Crippen LogP contribution is -2.85. The van der Waals surface area contributed by atoms with Gasteiger partial charge >= 0.3 is 0 Å². The predicted molar refractivity (Wildman–Crippen MR) is 71.1 cm³/mol. The molecule has 3 nitrogen and oxygen atoms in total. The first kappa shape index (κ1) is 13.4. The summed E-state index contributed by atoms with van der Waals surface area (Å²) in [7, 11) is 0. The van der Waals surface area contributed by atoms with Gasteiger partial charge in [0.2, 0.25) is 0 Å². The van der Waals surface area contributed by atoms with Crippen LogP contribution < -0.4 is 5.32 Å². The smallest absolute Gasteiger partial charge is 0.157 e. The van der Waals surface area contributed by atoms with Gasteiger partial charge in [0.15, 0.2) is 5.76 Å². The number of rotatable bonds is 5. The molecule has 3 heteroatoms. The second-order valence-corrected chi connectivity index (χ2v) is 5.32. The van der Waals surface area contributed by atoms with E-state index in [9.17, 15) is 0 Å². The fraction of sp³-hybridized carbons (Fsp3) is 0.600. The second kappa shape index (κ2) is 6.21. The normalized spacial score (nSPS) is 28.2. The molecule has 1 fully saturated rings. The van der Waals surface area contributed by atoms with E-state index >= 15 is 0 Å². The van der Waals surface area contributed by atoms with Gasteiger partial charge in [-0.05, 0) is 38.8 Å². The first-order chi connectivity index (χ1) is 8.66. The summed E-state index contributed by atoms with van der Waals surface area (Å²) in [4.78, 5) is 0. The molecule has 1 aromatic heterocycles. The largest absolute Gasteiger partial charge is 0.463 e. The third-order valence-corrected chi connectivity index (χ3v) is 3.70. The topological polar surface area (TPSA) is 39.0 Å². The highest BCUT2D eigenvalue weighted by Crippen LogP contribution is 2.28. The van der Waals surface area contributed by atoms with E-state index in [1.165, 1.54) is 12.0 Å². The standard InChI is InChI=1S/C15H23NO2/c1-11(2)14-7-6-12(3)18-15(14)10-16-9-13-5-4-8-17-13/h4-5,8,12,14-16H,1,6-7,9-10H2,2-3H3/p+1/t12-,14+,15-/m1/s1. The molecule has 100 valence electrons. The number of furan rings is 1. The van der Waals surface area contributed by atoms with Gasteiger partial charge in [0.25, 0.3) is 0 Å². The Kier molecular flexibility index (Phi) is 4.61. The van der Waals surface area contributed by atoms with Gasteiger partial charge in [0.1, 0.15) is 19.2 Å². The molecule has 0 radical (unpaired) electrons. The molecule has 0 bridgehead atoms. The van der Waals surface area contributed by atoms with E-state index in [1.54, 1.807) is 6.26 Å². The molecule has 0 saturated carbocycles. The summed E-state index contributed by atoms with van der Waals surface area (Å²) in [5.74, 6) is 1.53. The molecule has 2 rings (SSSR count).